The number of hydrogen-bond donors (Lipinski definition) is 1. The molecule has 1 aliphatic rings. The number of ether oxygens (including phenoxy) is 1. The summed E-state index contributed by atoms with van der Waals surface area (Å²) >= 11 is 0. The Morgan fingerprint density at radius 1 is 0.963 bits per heavy atom. The molecule has 0 fully saturated rings. The zero-order chi connectivity index (χ0) is 18.8. The van der Waals surface area contributed by atoms with E-state index in [2.05, 4.69) is 5.32 Å². The maximum Gasteiger partial charge on any atom is 0.260 e. The number of nitrogens with one attached hydrogen (secondary N) is 1. The fraction of sp³-hybridized carbons (Fsp3) is 0.174. The molecule has 1 N–H and O–H groups in total. The third-order valence-electron chi connectivity index (χ3n) is 4.82. The van der Waals surface area contributed by atoms with Gasteiger partial charge in [-0.1, -0.05) is 48.5 Å². The van der Waals surface area contributed by atoms with Crippen molar-refractivity contribution >= 4 is 17.3 Å². The van der Waals surface area contributed by atoms with Crippen LogP contribution in [0.15, 0.2) is 72.8 Å². The highest BCUT2D eigenvalue weighted by Crippen LogP contribution is 2.40. The number of amides is 1. The van der Waals surface area contributed by atoms with Gasteiger partial charge >= 0.3 is 0 Å². The molecule has 0 saturated heterocycles. The SMILES string of the molecule is CCOc1ccccc1N[C@@H]1c2ccccc2C(=O)N1c1ccccc1C. The van der Waals surface area contributed by atoms with Gasteiger partial charge in [0.05, 0.1) is 12.3 Å². The molecule has 1 amide bonds. The van der Waals surface area contributed by atoms with Crippen LogP contribution in [-0.2, 0) is 0 Å². The second kappa shape index (κ2) is 7.16. The Kier molecular flexibility index (Phi) is 4.55. The van der Waals surface area contributed by atoms with E-state index in [-0.39, 0.29) is 12.1 Å². The summed E-state index contributed by atoms with van der Waals surface area (Å²) in [6, 6.07) is 23.6. The van der Waals surface area contributed by atoms with Gasteiger partial charge in [0.15, 0.2) is 0 Å². The quantitative estimate of drug-likeness (QED) is 0.684. The standard InChI is InChI=1S/C23H22N2O2/c1-3-27-21-15-9-7-13-19(21)24-22-17-11-5-6-12-18(17)23(26)25(22)20-14-8-4-10-16(20)2/h4-15,22,24H,3H2,1-2H3/t22-/m0/s1. The van der Waals surface area contributed by atoms with Crippen LogP contribution >= 0.6 is 0 Å². The highest BCUT2D eigenvalue weighted by molar-refractivity contribution is 6.11. The largest absolute Gasteiger partial charge is 0.492 e. The molecule has 136 valence electrons. The summed E-state index contributed by atoms with van der Waals surface area (Å²) in [5.74, 6) is 0.785. The van der Waals surface area contributed by atoms with Crippen molar-refractivity contribution in [3.8, 4) is 5.75 Å². The Morgan fingerprint density at radius 3 is 2.48 bits per heavy atom. The minimum absolute atomic E-state index is 0.00583. The van der Waals surface area contributed by atoms with Crippen LogP contribution in [0.5, 0.6) is 5.75 Å². The van der Waals surface area contributed by atoms with E-state index >= 15 is 0 Å². The molecule has 0 saturated carbocycles. The maximum absolute atomic E-state index is 13.2. The summed E-state index contributed by atoms with van der Waals surface area (Å²) < 4.78 is 5.76. The van der Waals surface area contributed by atoms with E-state index in [1.54, 1.807) is 0 Å². The predicted octanol–water partition coefficient (Wildman–Crippen LogP) is 5.16. The normalized spacial score (nSPS) is 15.6. The van der Waals surface area contributed by atoms with Crippen LogP contribution in [0.1, 0.15) is 34.6 Å². The van der Waals surface area contributed by atoms with Gasteiger partial charge in [0.2, 0.25) is 0 Å². The molecule has 0 aromatic heterocycles. The number of carbonyl (C=O) groups excluding carboxylic acids is 1. The number of para-hydroxylation sites is 3. The molecule has 3 aromatic carbocycles. The van der Waals surface area contributed by atoms with Gasteiger partial charge in [0.25, 0.3) is 5.91 Å². The maximum atomic E-state index is 13.2. The highest BCUT2D eigenvalue weighted by atomic mass is 16.5. The summed E-state index contributed by atoms with van der Waals surface area (Å²) in [6.45, 7) is 4.57. The molecule has 27 heavy (non-hydrogen) atoms. The number of nitrogens with zero attached hydrogens (tertiary/aromatic N) is 1. The Bertz CT molecular complexity index is 983. The average molecular weight is 358 g/mol. The van der Waals surface area contributed by atoms with Gasteiger partial charge in [-0.15, -0.1) is 0 Å². The number of hydrogen-bond acceptors (Lipinski definition) is 3. The van der Waals surface area contributed by atoms with Crippen LogP contribution in [0.2, 0.25) is 0 Å². The summed E-state index contributed by atoms with van der Waals surface area (Å²) in [4.78, 5) is 15.1. The summed E-state index contributed by atoms with van der Waals surface area (Å²) in [5.41, 5.74) is 4.53. The first-order chi connectivity index (χ1) is 13.2. The van der Waals surface area contributed by atoms with Gasteiger partial charge < -0.3 is 10.1 Å². The fourth-order valence-corrected chi connectivity index (χ4v) is 3.56. The van der Waals surface area contributed by atoms with Crippen molar-refractivity contribution in [2.45, 2.75) is 20.0 Å². The van der Waals surface area contributed by atoms with Crippen LogP contribution < -0.4 is 15.0 Å². The number of anilines is 2. The van der Waals surface area contributed by atoms with E-state index in [9.17, 15) is 4.79 Å². The molecule has 0 bridgehead atoms. The van der Waals surface area contributed by atoms with Gasteiger partial charge in [0.1, 0.15) is 11.9 Å². The van der Waals surface area contributed by atoms with E-state index in [1.165, 1.54) is 0 Å². The minimum atomic E-state index is -0.295. The Hall–Kier alpha value is -3.27. The van der Waals surface area contributed by atoms with Crippen molar-refractivity contribution in [1.82, 2.24) is 0 Å². The first-order valence-corrected chi connectivity index (χ1v) is 9.17. The third kappa shape index (κ3) is 3.04. The van der Waals surface area contributed by atoms with Crippen LogP contribution in [0.4, 0.5) is 11.4 Å². The molecule has 0 radical (unpaired) electrons. The molecule has 4 nitrogen and oxygen atoms in total. The molecule has 0 aliphatic carbocycles. The monoisotopic (exact) mass is 358 g/mol. The van der Waals surface area contributed by atoms with Gasteiger partial charge in [0, 0.05) is 16.8 Å². The van der Waals surface area contributed by atoms with Crippen LogP contribution in [0.3, 0.4) is 0 Å². The van der Waals surface area contributed by atoms with Crippen molar-refractivity contribution in [1.29, 1.82) is 0 Å². The molecule has 3 aromatic rings. The first kappa shape index (κ1) is 17.2. The number of carbonyl (C=O) groups is 1. The zero-order valence-corrected chi connectivity index (χ0v) is 15.5. The molecule has 1 heterocycles. The van der Waals surface area contributed by atoms with Crippen LogP contribution in [0, 0.1) is 6.92 Å². The molecular weight excluding hydrogens is 336 g/mol. The predicted molar refractivity (Wildman–Crippen MR) is 108 cm³/mol. The van der Waals surface area contributed by atoms with Crippen LogP contribution in [-0.4, -0.2) is 12.5 Å². The molecular formula is C23H22N2O2. The molecule has 1 atom stereocenters. The lowest BCUT2D eigenvalue weighted by Gasteiger charge is -2.29. The number of rotatable bonds is 5. The zero-order valence-electron chi connectivity index (χ0n) is 15.5. The summed E-state index contributed by atoms with van der Waals surface area (Å²) in [6.07, 6.45) is -0.295. The fourth-order valence-electron chi connectivity index (χ4n) is 3.56. The second-order valence-corrected chi connectivity index (χ2v) is 6.52. The Balaban J connectivity index is 1.80. The second-order valence-electron chi connectivity index (χ2n) is 6.52. The van der Waals surface area contributed by atoms with Gasteiger partial charge in [-0.25, -0.2) is 0 Å². The summed E-state index contributed by atoms with van der Waals surface area (Å²) in [7, 11) is 0. The topological polar surface area (TPSA) is 41.6 Å². The van der Waals surface area contributed by atoms with E-state index in [0.717, 1.165) is 33.8 Å². The molecule has 1 aliphatic heterocycles. The number of benzene rings is 3. The molecule has 4 rings (SSSR count). The van der Waals surface area contributed by atoms with Gasteiger partial charge in [-0.3, -0.25) is 9.69 Å². The lowest BCUT2D eigenvalue weighted by molar-refractivity contribution is 0.0992. The van der Waals surface area contributed by atoms with Crippen molar-refractivity contribution in [2.24, 2.45) is 0 Å². The number of aryl methyl sites for hydroxylation is 1. The third-order valence-corrected chi connectivity index (χ3v) is 4.82. The molecule has 4 heteroatoms. The van der Waals surface area contributed by atoms with E-state index in [4.69, 9.17) is 4.74 Å². The first-order valence-electron chi connectivity index (χ1n) is 9.17. The average Bonchev–Trinajstić information content (AvgIpc) is 2.96. The molecule has 0 spiro atoms. The van der Waals surface area contributed by atoms with E-state index < -0.39 is 0 Å². The highest BCUT2D eigenvalue weighted by Gasteiger charge is 2.38. The minimum Gasteiger partial charge on any atom is -0.492 e. The number of fused-ring (bicyclic) bond motifs is 1. The van der Waals surface area contributed by atoms with Crippen molar-refractivity contribution in [3.63, 3.8) is 0 Å². The van der Waals surface area contributed by atoms with Crippen molar-refractivity contribution < 1.29 is 9.53 Å². The van der Waals surface area contributed by atoms with Gasteiger partial charge in [-0.2, -0.15) is 0 Å². The Labute approximate surface area is 159 Å². The van der Waals surface area contributed by atoms with Crippen molar-refractivity contribution in [2.75, 3.05) is 16.8 Å². The lowest BCUT2D eigenvalue weighted by Crippen LogP contribution is -2.32. The Morgan fingerprint density at radius 2 is 1.67 bits per heavy atom. The van der Waals surface area contributed by atoms with Crippen LogP contribution in [0.25, 0.3) is 0 Å². The van der Waals surface area contributed by atoms with E-state index in [1.807, 2.05) is 91.5 Å². The lowest BCUT2D eigenvalue weighted by atomic mass is 10.1. The smallest absolute Gasteiger partial charge is 0.260 e. The van der Waals surface area contributed by atoms with E-state index in [0.29, 0.717) is 6.61 Å². The van der Waals surface area contributed by atoms with Crippen molar-refractivity contribution in [3.05, 3.63) is 89.5 Å². The van der Waals surface area contributed by atoms with Gasteiger partial charge in [-0.05, 0) is 43.7 Å². The summed E-state index contributed by atoms with van der Waals surface area (Å²) in [5, 5.41) is 3.54. The molecule has 0 unspecified atom stereocenters.